The predicted octanol–water partition coefficient (Wildman–Crippen LogP) is 1.21. The molecule has 0 aromatic heterocycles. The van der Waals surface area contributed by atoms with Gasteiger partial charge in [0.25, 0.3) is 0 Å². The van der Waals surface area contributed by atoms with E-state index >= 15 is 0 Å². The first-order valence-corrected chi connectivity index (χ1v) is 5.27. The van der Waals surface area contributed by atoms with Gasteiger partial charge in [-0.25, -0.2) is 0 Å². The Labute approximate surface area is 75.1 Å². The standard InChI is InChI=1S/C10H20N2/c1-8-4-2-3-5-10(8)12-6-9(11)7-12/h8-10H,2-7,11H2,1H3. The molecule has 0 bridgehead atoms. The van der Waals surface area contributed by atoms with Gasteiger partial charge in [-0.2, -0.15) is 0 Å². The van der Waals surface area contributed by atoms with Gasteiger partial charge in [-0.05, 0) is 18.8 Å². The largest absolute Gasteiger partial charge is 0.325 e. The van der Waals surface area contributed by atoms with Gasteiger partial charge in [0.1, 0.15) is 0 Å². The van der Waals surface area contributed by atoms with Gasteiger partial charge < -0.3 is 5.73 Å². The fourth-order valence-electron chi connectivity index (χ4n) is 2.66. The molecule has 2 nitrogen and oxygen atoms in total. The Bertz CT molecular complexity index is 152. The fraction of sp³-hybridized carbons (Fsp3) is 1.00. The third-order valence-corrected chi connectivity index (χ3v) is 3.47. The minimum atomic E-state index is 0.471. The molecular formula is C10H20N2. The lowest BCUT2D eigenvalue weighted by atomic mass is 9.83. The first kappa shape index (κ1) is 8.52. The van der Waals surface area contributed by atoms with E-state index in [9.17, 15) is 0 Å². The Hall–Kier alpha value is -0.0800. The molecule has 1 aliphatic heterocycles. The van der Waals surface area contributed by atoms with E-state index in [2.05, 4.69) is 11.8 Å². The van der Waals surface area contributed by atoms with Gasteiger partial charge in [0.05, 0.1) is 0 Å². The second-order valence-corrected chi connectivity index (χ2v) is 4.54. The molecule has 2 unspecified atom stereocenters. The topological polar surface area (TPSA) is 29.3 Å². The van der Waals surface area contributed by atoms with Crippen LogP contribution in [0.25, 0.3) is 0 Å². The normalized spacial score (nSPS) is 39.5. The summed E-state index contributed by atoms with van der Waals surface area (Å²) < 4.78 is 0. The summed E-state index contributed by atoms with van der Waals surface area (Å²) in [5.41, 5.74) is 5.78. The third-order valence-electron chi connectivity index (χ3n) is 3.47. The monoisotopic (exact) mass is 168 g/mol. The van der Waals surface area contributed by atoms with E-state index < -0.39 is 0 Å². The van der Waals surface area contributed by atoms with Gasteiger partial charge in [-0.15, -0.1) is 0 Å². The maximum absolute atomic E-state index is 5.78. The van der Waals surface area contributed by atoms with Crippen LogP contribution in [0.1, 0.15) is 32.6 Å². The number of nitrogens with two attached hydrogens (primary N) is 1. The van der Waals surface area contributed by atoms with E-state index in [0.29, 0.717) is 6.04 Å². The molecule has 1 heterocycles. The maximum atomic E-state index is 5.78. The average molecular weight is 168 g/mol. The Balaban J connectivity index is 1.85. The quantitative estimate of drug-likeness (QED) is 0.637. The molecule has 0 radical (unpaired) electrons. The van der Waals surface area contributed by atoms with Crippen molar-refractivity contribution in [2.75, 3.05) is 13.1 Å². The molecule has 12 heavy (non-hydrogen) atoms. The van der Waals surface area contributed by atoms with Gasteiger partial charge in [-0.3, -0.25) is 4.90 Å². The zero-order valence-electron chi connectivity index (χ0n) is 8.00. The van der Waals surface area contributed by atoms with Gasteiger partial charge in [-0.1, -0.05) is 19.8 Å². The number of nitrogens with zero attached hydrogens (tertiary/aromatic N) is 1. The third kappa shape index (κ3) is 1.50. The molecule has 1 saturated heterocycles. The minimum absolute atomic E-state index is 0.471. The molecule has 0 aromatic rings. The molecule has 0 amide bonds. The molecule has 2 aliphatic rings. The zero-order valence-corrected chi connectivity index (χ0v) is 8.00. The van der Waals surface area contributed by atoms with Crippen LogP contribution in [0.3, 0.4) is 0 Å². The van der Waals surface area contributed by atoms with Crippen molar-refractivity contribution < 1.29 is 0 Å². The molecule has 2 atom stereocenters. The SMILES string of the molecule is CC1CCCCC1N1CC(N)C1. The average Bonchev–Trinajstić information content (AvgIpc) is 2.01. The van der Waals surface area contributed by atoms with E-state index in [1.807, 2.05) is 0 Å². The molecule has 2 fully saturated rings. The van der Waals surface area contributed by atoms with Crippen LogP contribution < -0.4 is 5.73 Å². The lowest BCUT2D eigenvalue weighted by molar-refractivity contribution is 0.0420. The highest BCUT2D eigenvalue weighted by molar-refractivity contribution is 4.91. The molecule has 2 rings (SSSR count). The summed E-state index contributed by atoms with van der Waals surface area (Å²) in [4.78, 5) is 2.58. The zero-order chi connectivity index (χ0) is 8.55. The molecule has 70 valence electrons. The van der Waals surface area contributed by atoms with E-state index in [0.717, 1.165) is 25.0 Å². The number of hydrogen-bond acceptors (Lipinski definition) is 2. The van der Waals surface area contributed by atoms with Crippen molar-refractivity contribution in [1.82, 2.24) is 4.90 Å². The Morgan fingerprint density at radius 3 is 2.42 bits per heavy atom. The van der Waals surface area contributed by atoms with Crippen molar-refractivity contribution in [3.05, 3.63) is 0 Å². The Morgan fingerprint density at radius 2 is 1.83 bits per heavy atom. The molecule has 2 N–H and O–H groups in total. The van der Waals surface area contributed by atoms with Crippen molar-refractivity contribution in [2.24, 2.45) is 11.7 Å². The van der Waals surface area contributed by atoms with Crippen LogP contribution in [0.4, 0.5) is 0 Å². The van der Waals surface area contributed by atoms with Crippen LogP contribution in [0.15, 0.2) is 0 Å². The maximum Gasteiger partial charge on any atom is 0.0297 e. The molecule has 0 aromatic carbocycles. The second kappa shape index (κ2) is 3.35. The van der Waals surface area contributed by atoms with Crippen molar-refractivity contribution in [1.29, 1.82) is 0 Å². The van der Waals surface area contributed by atoms with E-state index in [4.69, 9.17) is 5.73 Å². The van der Waals surface area contributed by atoms with Gasteiger partial charge in [0, 0.05) is 25.2 Å². The van der Waals surface area contributed by atoms with Crippen LogP contribution in [0, 0.1) is 5.92 Å². The van der Waals surface area contributed by atoms with Crippen LogP contribution in [-0.4, -0.2) is 30.1 Å². The molecule has 1 aliphatic carbocycles. The van der Waals surface area contributed by atoms with Crippen molar-refractivity contribution in [3.63, 3.8) is 0 Å². The van der Waals surface area contributed by atoms with Gasteiger partial charge >= 0.3 is 0 Å². The van der Waals surface area contributed by atoms with Crippen molar-refractivity contribution in [3.8, 4) is 0 Å². The summed E-state index contributed by atoms with van der Waals surface area (Å²) in [6.07, 6.45) is 5.71. The van der Waals surface area contributed by atoms with Crippen molar-refractivity contribution in [2.45, 2.75) is 44.7 Å². The summed E-state index contributed by atoms with van der Waals surface area (Å²) in [7, 11) is 0. The van der Waals surface area contributed by atoms with E-state index in [-0.39, 0.29) is 0 Å². The van der Waals surface area contributed by atoms with Crippen LogP contribution in [0.5, 0.6) is 0 Å². The lowest BCUT2D eigenvalue weighted by Gasteiger charge is -2.46. The Kier molecular flexibility index (Phi) is 2.37. The van der Waals surface area contributed by atoms with Crippen LogP contribution >= 0.6 is 0 Å². The number of rotatable bonds is 1. The smallest absolute Gasteiger partial charge is 0.0297 e. The van der Waals surface area contributed by atoms with Crippen molar-refractivity contribution >= 4 is 0 Å². The molecule has 1 saturated carbocycles. The van der Waals surface area contributed by atoms with E-state index in [1.54, 1.807) is 0 Å². The van der Waals surface area contributed by atoms with Gasteiger partial charge in [0.15, 0.2) is 0 Å². The minimum Gasteiger partial charge on any atom is -0.325 e. The van der Waals surface area contributed by atoms with Crippen LogP contribution in [0.2, 0.25) is 0 Å². The molecule has 2 heteroatoms. The lowest BCUT2D eigenvalue weighted by Crippen LogP contribution is -2.61. The Morgan fingerprint density at radius 1 is 1.17 bits per heavy atom. The summed E-state index contributed by atoms with van der Waals surface area (Å²) in [6, 6.07) is 1.33. The summed E-state index contributed by atoms with van der Waals surface area (Å²) in [5.74, 6) is 0.909. The fourth-order valence-corrected chi connectivity index (χ4v) is 2.66. The number of likely N-dealkylation sites (tertiary alicyclic amines) is 1. The summed E-state index contributed by atoms with van der Waals surface area (Å²) >= 11 is 0. The first-order chi connectivity index (χ1) is 5.77. The van der Waals surface area contributed by atoms with Crippen LogP contribution in [-0.2, 0) is 0 Å². The van der Waals surface area contributed by atoms with E-state index in [1.165, 1.54) is 25.7 Å². The summed E-state index contributed by atoms with van der Waals surface area (Å²) in [5, 5.41) is 0. The number of hydrogen-bond donors (Lipinski definition) is 1. The second-order valence-electron chi connectivity index (χ2n) is 4.54. The highest BCUT2D eigenvalue weighted by Gasteiger charge is 2.33. The molecular weight excluding hydrogens is 148 g/mol. The predicted molar refractivity (Wildman–Crippen MR) is 51.0 cm³/mol. The first-order valence-electron chi connectivity index (χ1n) is 5.27. The molecule has 0 spiro atoms. The van der Waals surface area contributed by atoms with Gasteiger partial charge in [0.2, 0.25) is 0 Å². The highest BCUT2D eigenvalue weighted by atomic mass is 15.2. The summed E-state index contributed by atoms with van der Waals surface area (Å²) in [6.45, 7) is 4.69. The highest BCUT2D eigenvalue weighted by Crippen LogP contribution is 2.30.